The lowest BCUT2D eigenvalue weighted by Crippen LogP contribution is -2.47. The molecule has 0 aromatic carbocycles. The fraction of sp³-hybridized carbons (Fsp3) is 0.529. The molecule has 3 rings (SSSR count). The van der Waals surface area contributed by atoms with Crippen molar-refractivity contribution in [1.29, 1.82) is 0 Å². The molecule has 164 valence electrons. The van der Waals surface area contributed by atoms with Crippen LogP contribution in [0.5, 0.6) is 0 Å². The first-order valence-electron chi connectivity index (χ1n) is 8.93. The van der Waals surface area contributed by atoms with Crippen LogP contribution in [0.25, 0.3) is 11.4 Å². The van der Waals surface area contributed by atoms with E-state index < -0.39 is 49.5 Å². The first-order chi connectivity index (χ1) is 14.2. The maximum absolute atomic E-state index is 14.0. The van der Waals surface area contributed by atoms with Gasteiger partial charge in [0.1, 0.15) is 6.61 Å². The van der Waals surface area contributed by atoms with E-state index in [0.717, 1.165) is 4.90 Å². The second-order valence-electron chi connectivity index (χ2n) is 6.61. The number of rotatable bonds is 7. The average molecular weight is 435 g/mol. The van der Waals surface area contributed by atoms with Crippen LogP contribution in [0.2, 0.25) is 0 Å². The maximum atomic E-state index is 14.0. The minimum atomic E-state index is -4.75. The zero-order valence-electron chi connectivity index (χ0n) is 15.5. The Hall–Kier alpha value is -2.83. The molecular formula is C17H18F5N5O3. The summed E-state index contributed by atoms with van der Waals surface area (Å²) in [7, 11) is 0. The standard InChI is InChI=1S/C17H18F5N5O3/c18-12(19)9-29-7-5-24-15(28)27-6-3-16(10-27,17(20,21)22)14-25-13(26-30-14)11-2-1-4-23-8-11/h1-2,4,8,12H,3,5-7,9-10H2,(H,24,28). The molecule has 1 saturated heterocycles. The van der Waals surface area contributed by atoms with Crippen molar-refractivity contribution in [3.05, 3.63) is 30.4 Å². The molecule has 0 aliphatic carbocycles. The lowest BCUT2D eigenvalue weighted by Gasteiger charge is -2.28. The molecular weight excluding hydrogens is 417 g/mol. The Morgan fingerprint density at radius 2 is 2.20 bits per heavy atom. The average Bonchev–Trinajstić information content (AvgIpc) is 3.36. The van der Waals surface area contributed by atoms with Gasteiger partial charge < -0.3 is 19.5 Å². The summed E-state index contributed by atoms with van der Waals surface area (Å²) < 4.78 is 75.5. The highest BCUT2D eigenvalue weighted by Crippen LogP contribution is 2.47. The largest absolute Gasteiger partial charge is 0.405 e. The number of urea groups is 1. The number of aromatic nitrogens is 3. The Labute approximate surface area is 167 Å². The predicted molar refractivity (Wildman–Crippen MR) is 91.7 cm³/mol. The molecule has 1 fully saturated rings. The van der Waals surface area contributed by atoms with Crippen LogP contribution in [-0.4, -0.2) is 71.5 Å². The molecule has 0 bridgehead atoms. The van der Waals surface area contributed by atoms with Crippen molar-refractivity contribution in [3.8, 4) is 11.4 Å². The molecule has 13 heteroatoms. The zero-order valence-corrected chi connectivity index (χ0v) is 15.5. The third-order valence-electron chi connectivity index (χ3n) is 4.62. The van der Waals surface area contributed by atoms with E-state index in [1.165, 1.54) is 12.4 Å². The molecule has 0 saturated carbocycles. The van der Waals surface area contributed by atoms with Crippen molar-refractivity contribution in [2.24, 2.45) is 0 Å². The maximum Gasteiger partial charge on any atom is 0.405 e. The quantitative estimate of drug-likeness (QED) is 0.531. The number of pyridine rings is 1. The van der Waals surface area contributed by atoms with E-state index in [2.05, 4.69) is 25.2 Å². The molecule has 1 aliphatic rings. The molecule has 2 amide bonds. The van der Waals surface area contributed by atoms with Gasteiger partial charge in [-0.1, -0.05) is 5.16 Å². The molecule has 1 atom stereocenters. The highest BCUT2D eigenvalue weighted by Gasteiger charge is 2.63. The second kappa shape index (κ2) is 8.90. The lowest BCUT2D eigenvalue weighted by atomic mass is 9.86. The van der Waals surface area contributed by atoms with E-state index in [1.54, 1.807) is 12.1 Å². The minimum absolute atomic E-state index is 0.0409. The number of nitrogens with one attached hydrogen (secondary N) is 1. The summed E-state index contributed by atoms with van der Waals surface area (Å²) in [6, 6.07) is 2.39. The summed E-state index contributed by atoms with van der Waals surface area (Å²) in [5.74, 6) is -0.676. The van der Waals surface area contributed by atoms with Gasteiger partial charge in [0, 0.05) is 37.6 Å². The number of halogens is 5. The van der Waals surface area contributed by atoms with Gasteiger partial charge in [-0.2, -0.15) is 18.2 Å². The summed E-state index contributed by atoms with van der Waals surface area (Å²) >= 11 is 0. The predicted octanol–water partition coefficient (Wildman–Crippen LogP) is 2.63. The zero-order chi connectivity index (χ0) is 21.8. The van der Waals surface area contributed by atoms with Crippen LogP contribution in [0.4, 0.5) is 26.7 Å². The highest BCUT2D eigenvalue weighted by molar-refractivity contribution is 5.74. The van der Waals surface area contributed by atoms with Crippen molar-refractivity contribution >= 4 is 6.03 Å². The summed E-state index contributed by atoms with van der Waals surface area (Å²) in [6.07, 6.45) is -4.97. The SMILES string of the molecule is O=C(NCCOCC(F)F)N1CCC(c2nc(-c3cccnc3)no2)(C(F)(F)F)C1. The van der Waals surface area contributed by atoms with Crippen LogP contribution in [0.15, 0.2) is 29.0 Å². The van der Waals surface area contributed by atoms with Crippen LogP contribution in [0.1, 0.15) is 12.3 Å². The van der Waals surface area contributed by atoms with Crippen molar-refractivity contribution in [2.45, 2.75) is 24.4 Å². The molecule has 1 aliphatic heterocycles. The second-order valence-corrected chi connectivity index (χ2v) is 6.61. The van der Waals surface area contributed by atoms with Crippen LogP contribution in [0, 0.1) is 0 Å². The van der Waals surface area contributed by atoms with E-state index in [0.29, 0.717) is 5.56 Å². The third kappa shape index (κ3) is 4.66. The Morgan fingerprint density at radius 3 is 2.87 bits per heavy atom. The van der Waals surface area contributed by atoms with E-state index in [9.17, 15) is 26.7 Å². The molecule has 30 heavy (non-hydrogen) atoms. The first-order valence-corrected chi connectivity index (χ1v) is 8.93. The van der Waals surface area contributed by atoms with Gasteiger partial charge in [0.05, 0.1) is 6.61 Å². The van der Waals surface area contributed by atoms with Gasteiger partial charge >= 0.3 is 12.2 Å². The van der Waals surface area contributed by atoms with E-state index in [4.69, 9.17) is 4.52 Å². The van der Waals surface area contributed by atoms with Crippen LogP contribution in [0.3, 0.4) is 0 Å². The van der Waals surface area contributed by atoms with E-state index in [-0.39, 0.29) is 25.5 Å². The Balaban J connectivity index is 1.69. The Kier molecular flexibility index (Phi) is 6.48. The lowest BCUT2D eigenvalue weighted by molar-refractivity contribution is -0.193. The normalized spacial score (nSPS) is 19.5. The van der Waals surface area contributed by atoms with Gasteiger partial charge in [-0.15, -0.1) is 0 Å². The minimum Gasteiger partial charge on any atom is -0.374 e. The molecule has 8 nitrogen and oxygen atoms in total. The topological polar surface area (TPSA) is 93.4 Å². The van der Waals surface area contributed by atoms with Crippen molar-refractivity contribution in [3.63, 3.8) is 0 Å². The number of carbonyl (C=O) groups excluding carboxylic acids is 1. The fourth-order valence-corrected chi connectivity index (χ4v) is 3.05. The third-order valence-corrected chi connectivity index (χ3v) is 4.62. The number of hydrogen-bond acceptors (Lipinski definition) is 6. The van der Waals surface area contributed by atoms with Gasteiger partial charge in [-0.05, 0) is 18.6 Å². The number of hydrogen-bond donors (Lipinski definition) is 1. The van der Waals surface area contributed by atoms with Gasteiger partial charge in [0.2, 0.25) is 11.7 Å². The van der Waals surface area contributed by atoms with Gasteiger partial charge in [0.15, 0.2) is 5.41 Å². The Bertz CT molecular complexity index is 848. The van der Waals surface area contributed by atoms with Crippen molar-refractivity contribution in [1.82, 2.24) is 25.3 Å². The van der Waals surface area contributed by atoms with Crippen molar-refractivity contribution < 1.29 is 36.0 Å². The van der Waals surface area contributed by atoms with Gasteiger partial charge in [0.25, 0.3) is 6.43 Å². The fourth-order valence-electron chi connectivity index (χ4n) is 3.05. The molecule has 0 spiro atoms. The van der Waals surface area contributed by atoms with Gasteiger partial charge in [-0.25, -0.2) is 13.6 Å². The molecule has 1 N–H and O–H groups in total. The molecule has 2 aromatic rings. The first kappa shape index (κ1) is 21.9. The molecule has 2 aromatic heterocycles. The van der Waals surface area contributed by atoms with E-state index >= 15 is 0 Å². The highest BCUT2D eigenvalue weighted by atomic mass is 19.4. The Morgan fingerprint density at radius 1 is 1.40 bits per heavy atom. The molecule has 3 heterocycles. The number of carbonyl (C=O) groups is 1. The number of alkyl halides is 5. The van der Waals surface area contributed by atoms with Crippen LogP contribution >= 0.6 is 0 Å². The van der Waals surface area contributed by atoms with Gasteiger partial charge in [-0.3, -0.25) is 4.98 Å². The number of likely N-dealkylation sites (tertiary alicyclic amines) is 1. The molecule has 0 radical (unpaired) electrons. The number of amides is 2. The summed E-state index contributed by atoms with van der Waals surface area (Å²) in [5, 5.41) is 5.97. The molecule has 1 unspecified atom stereocenters. The monoisotopic (exact) mass is 435 g/mol. The smallest absolute Gasteiger partial charge is 0.374 e. The summed E-state index contributed by atoms with van der Waals surface area (Å²) in [6.45, 7) is -2.00. The van der Waals surface area contributed by atoms with Crippen LogP contribution < -0.4 is 5.32 Å². The number of ether oxygens (including phenoxy) is 1. The van der Waals surface area contributed by atoms with Crippen LogP contribution in [-0.2, 0) is 10.2 Å². The van der Waals surface area contributed by atoms with Crippen molar-refractivity contribution in [2.75, 3.05) is 32.8 Å². The summed E-state index contributed by atoms with van der Waals surface area (Å²) in [5.41, 5.74) is -2.12. The number of nitrogens with zero attached hydrogens (tertiary/aromatic N) is 4. The summed E-state index contributed by atoms with van der Waals surface area (Å²) in [4.78, 5) is 20.9. The van der Waals surface area contributed by atoms with E-state index in [1.807, 2.05) is 0 Å².